The van der Waals surface area contributed by atoms with Gasteiger partial charge in [-0.1, -0.05) is 113 Å². The van der Waals surface area contributed by atoms with Crippen molar-refractivity contribution < 1.29 is 0 Å². The number of benzene rings is 7. The SMILES string of the molecule is CC1(C)c2cc(N(c3ccccc3)c3ccccc3)ccc2-c2cc3c(cc21)-c1ccc(N(c2ccccc2)c2ccccc2)cc1C3(C)C. The molecule has 2 heteroatoms. The lowest BCUT2D eigenvalue weighted by Crippen LogP contribution is -2.18. The molecule has 7 aromatic carbocycles. The Balaban J connectivity index is 1.15. The zero-order valence-electron chi connectivity index (χ0n) is 29.1. The summed E-state index contributed by atoms with van der Waals surface area (Å²) in [5.74, 6) is 0. The standard InChI is InChI=1S/C48H40N2/c1-47(2)43-29-37(49(33-17-9-5-10-18-33)34-19-11-6-12-20-34)25-27-39(43)41-32-46-42(31-45(41)47)40-28-26-38(30-44(40)48(46,3)4)50(35-21-13-7-14-22-35)36-23-15-8-16-24-36/h5-32H,1-4H3. The molecule has 0 N–H and O–H groups in total. The fourth-order valence-corrected chi connectivity index (χ4v) is 8.42. The Morgan fingerprint density at radius 1 is 0.280 bits per heavy atom. The molecule has 242 valence electrons. The fourth-order valence-electron chi connectivity index (χ4n) is 8.42. The quantitative estimate of drug-likeness (QED) is 0.178. The van der Waals surface area contributed by atoms with E-state index < -0.39 is 0 Å². The van der Waals surface area contributed by atoms with E-state index in [9.17, 15) is 0 Å². The van der Waals surface area contributed by atoms with Crippen molar-refractivity contribution in [2.75, 3.05) is 9.80 Å². The molecule has 2 nitrogen and oxygen atoms in total. The Hall–Kier alpha value is -5.86. The Kier molecular flexibility index (Phi) is 6.86. The van der Waals surface area contributed by atoms with Crippen LogP contribution in [-0.2, 0) is 10.8 Å². The molecule has 0 atom stereocenters. The third-order valence-corrected chi connectivity index (χ3v) is 11.0. The monoisotopic (exact) mass is 644 g/mol. The molecular weight excluding hydrogens is 605 g/mol. The molecule has 9 rings (SSSR count). The van der Waals surface area contributed by atoms with Crippen LogP contribution in [0.3, 0.4) is 0 Å². The van der Waals surface area contributed by atoms with Crippen LogP contribution in [0.15, 0.2) is 170 Å². The van der Waals surface area contributed by atoms with E-state index in [4.69, 9.17) is 0 Å². The lowest BCUT2D eigenvalue weighted by atomic mass is 9.79. The second kappa shape index (κ2) is 11.4. The van der Waals surface area contributed by atoms with E-state index in [1.54, 1.807) is 0 Å². The molecule has 0 radical (unpaired) electrons. The molecule has 2 aliphatic rings. The van der Waals surface area contributed by atoms with Crippen molar-refractivity contribution in [3.8, 4) is 22.3 Å². The predicted octanol–water partition coefficient (Wildman–Crippen LogP) is 13.2. The molecule has 0 aromatic heterocycles. The van der Waals surface area contributed by atoms with E-state index in [0.717, 1.165) is 22.7 Å². The minimum Gasteiger partial charge on any atom is -0.310 e. The maximum atomic E-state index is 2.51. The van der Waals surface area contributed by atoms with Crippen LogP contribution >= 0.6 is 0 Å². The minimum absolute atomic E-state index is 0.154. The molecule has 0 fully saturated rings. The van der Waals surface area contributed by atoms with E-state index in [1.165, 1.54) is 55.9 Å². The van der Waals surface area contributed by atoms with Crippen LogP contribution in [0.4, 0.5) is 34.1 Å². The maximum Gasteiger partial charge on any atom is 0.0465 e. The highest BCUT2D eigenvalue weighted by Crippen LogP contribution is 2.57. The lowest BCUT2D eigenvalue weighted by molar-refractivity contribution is 0.652. The first-order valence-electron chi connectivity index (χ1n) is 17.6. The Morgan fingerprint density at radius 2 is 0.560 bits per heavy atom. The van der Waals surface area contributed by atoms with E-state index in [1.807, 2.05) is 0 Å². The highest BCUT2D eigenvalue weighted by atomic mass is 15.1. The first kappa shape index (κ1) is 30.2. The average molecular weight is 645 g/mol. The van der Waals surface area contributed by atoms with Gasteiger partial charge in [0.2, 0.25) is 0 Å². The number of para-hydroxylation sites is 4. The Labute approximate surface area is 295 Å². The second-order valence-electron chi connectivity index (χ2n) is 14.7. The van der Waals surface area contributed by atoms with Crippen molar-refractivity contribution in [2.24, 2.45) is 0 Å². The molecule has 0 saturated carbocycles. The van der Waals surface area contributed by atoms with Gasteiger partial charge in [0.15, 0.2) is 0 Å². The van der Waals surface area contributed by atoms with Gasteiger partial charge < -0.3 is 9.80 Å². The van der Waals surface area contributed by atoms with E-state index in [2.05, 4.69) is 207 Å². The summed E-state index contributed by atoms with van der Waals surface area (Å²) >= 11 is 0. The van der Waals surface area contributed by atoms with Gasteiger partial charge in [-0.3, -0.25) is 0 Å². The number of fused-ring (bicyclic) bond motifs is 6. The van der Waals surface area contributed by atoms with Gasteiger partial charge in [0.25, 0.3) is 0 Å². The van der Waals surface area contributed by atoms with Crippen molar-refractivity contribution in [1.82, 2.24) is 0 Å². The van der Waals surface area contributed by atoms with Crippen molar-refractivity contribution in [3.63, 3.8) is 0 Å². The zero-order valence-corrected chi connectivity index (χ0v) is 29.1. The number of hydrogen-bond donors (Lipinski definition) is 0. The van der Waals surface area contributed by atoms with Crippen LogP contribution in [-0.4, -0.2) is 0 Å². The first-order valence-corrected chi connectivity index (χ1v) is 17.6. The van der Waals surface area contributed by atoms with Crippen molar-refractivity contribution in [1.29, 1.82) is 0 Å². The molecule has 0 heterocycles. The van der Waals surface area contributed by atoms with Crippen LogP contribution in [0.25, 0.3) is 22.3 Å². The highest BCUT2D eigenvalue weighted by Gasteiger charge is 2.42. The van der Waals surface area contributed by atoms with Gasteiger partial charge in [0.05, 0.1) is 0 Å². The van der Waals surface area contributed by atoms with Crippen molar-refractivity contribution in [2.45, 2.75) is 38.5 Å². The first-order chi connectivity index (χ1) is 24.3. The predicted molar refractivity (Wildman–Crippen MR) is 211 cm³/mol. The van der Waals surface area contributed by atoms with Gasteiger partial charge in [0, 0.05) is 45.0 Å². The third kappa shape index (κ3) is 4.63. The van der Waals surface area contributed by atoms with Crippen LogP contribution < -0.4 is 9.80 Å². The largest absolute Gasteiger partial charge is 0.310 e. The third-order valence-electron chi connectivity index (χ3n) is 11.0. The van der Waals surface area contributed by atoms with Crippen LogP contribution in [0.2, 0.25) is 0 Å². The smallest absolute Gasteiger partial charge is 0.0465 e. The zero-order chi connectivity index (χ0) is 34.0. The molecule has 0 bridgehead atoms. The van der Waals surface area contributed by atoms with E-state index in [-0.39, 0.29) is 10.8 Å². The van der Waals surface area contributed by atoms with Gasteiger partial charge in [-0.05, 0) is 129 Å². The summed E-state index contributed by atoms with van der Waals surface area (Å²) in [5, 5.41) is 0. The van der Waals surface area contributed by atoms with Crippen molar-refractivity contribution >= 4 is 34.1 Å². The summed E-state index contributed by atoms with van der Waals surface area (Å²) in [6.07, 6.45) is 0. The second-order valence-corrected chi connectivity index (χ2v) is 14.7. The van der Waals surface area contributed by atoms with E-state index >= 15 is 0 Å². The van der Waals surface area contributed by atoms with E-state index in [0.29, 0.717) is 0 Å². The topological polar surface area (TPSA) is 6.48 Å². The normalized spacial score (nSPS) is 14.3. The van der Waals surface area contributed by atoms with Gasteiger partial charge in [0.1, 0.15) is 0 Å². The summed E-state index contributed by atoms with van der Waals surface area (Å²) in [7, 11) is 0. The van der Waals surface area contributed by atoms with Gasteiger partial charge >= 0.3 is 0 Å². The summed E-state index contributed by atoms with van der Waals surface area (Å²) in [4.78, 5) is 4.73. The Bertz CT molecular complexity index is 2110. The molecule has 0 saturated heterocycles. The van der Waals surface area contributed by atoms with Gasteiger partial charge in [-0.25, -0.2) is 0 Å². The molecule has 7 aromatic rings. The molecular formula is C48H40N2. The number of anilines is 6. The summed E-state index contributed by atoms with van der Waals surface area (Å²) < 4.78 is 0. The number of hydrogen-bond acceptors (Lipinski definition) is 2. The molecule has 0 spiro atoms. The Morgan fingerprint density at radius 3 is 0.860 bits per heavy atom. The number of nitrogens with zero attached hydrogens (tertiary/aromatic N) is 2. The minimum atomic E-state index is -0.154. The van der Waals surface area contributed by atoms with Crippen molar-refractivity contribution in [3.05, 3.63) is 192 Å². The van der Waals surface area contributed by atoms with Gasteiger partial charge in [-0.2, -0.15) is 0 Å². The molecule has 50 heavy (non-hydrogen) atoms. The maximum absolute atomic E-state index is 2.51. The average Bonchev–Trinajstić information content (AvgIpc) is 3.51. The molecule has 2 aliphatic carbocycles. The molecule has 0 aliphatic heterocycles. The van der Waals surface area contributed by atoms with Gasteiger partial charge in [-0.15, -0.1) is 0 Å². The summed E-state index contributed by atoms with van der Waals surface area (Å²) in [6, 6.07) is 61.9. The molecule has 0 amide bonds. The van der Waals surface area contributed by atoms with Crippen LogP contribution in [0.1, 0.15) is 49.9 Å². The summed E-state index contributed by atoms with van der Waals surface area (Å²) in [5.41, 5.74) is 17.6. The fraction of sp³-hybridized carbons (Fsp3) is 0.125. The molecule has 0 unspecified atom stereocenters. The van der Waals surface area contributed by atoms with Crippen LogP contribution in [0.5, 0.6) is 0 Å². The highest BCUT2D eigenvalue weighted by molar-refractivity contribution is 5.92. The van der Waals surface area contributed by atoms with Crippen LogP contribution in [0, 0.1) is 0 Å². The lowest BCUT2D eigenvalue weighted by Gasteiger charge is -2.28. The number of rotatable bonds is 6. The summed E-state index contributed by atoms with van der Waals surface area (Å²) in [6.45, 7) is 9.58.